The van der Waals surface area contributed by atoms with Crippen LogP contribution in [0.1, 0.15) is 24.8 Å². The van der Waals surface area contributed by atoms with Gasteiger partial charge in [0.1, 0.15) is 0 Å². The number of rotatable bonds is 6. The van der Waals surface area contributed by atoms with Crippen LogP contribution < -0.4 is 10.6 Å². The van der Waals surface area contributed by atoms with Crippen LogP contribution in [0, 0.1) is 0 Å². The number of pyridine rings is 1. The standard InChI is InChI=1S/C14H21N3O2/c18-14(17-11-12-1-6-15-7-2-12)5-10-19-13-3-8-16-9-4-13/h1-2,6-7,13,16H,3-5,8-11H2,(H,17,18). The summed E-state index contributed by atoms with van der Waals surface area (Å²) in [6, 6.07) is 3.79. The number of amides is 1. The van der Waals surface area contributed by atoms with E-state index in [4.69, 9.17) is 4.74 Å². The summed E-state index contributed by atoms with van der Waals surface area (Å²) in [5.41, 5.74) is 1.06. The van der Waals surface area contributed by atoms with Crippen molar-refractivity contribution in [2.75, 3.05) is 19.7 Å². The maximum Gasteiger partial charge on any atom is 0.222 e. The molecule has 0 aliphatic carbocycles. The van der Waals surface area contributed by atoms with Crippen molar-refractivity contribution in [2.24, 2.45) is 0 Å². The third-order valence-electron chi connectivity index (χ3n) is 3.21. The molecule has 2 N–H and O–H groups in total. The van der Waals surface area contributed by atoms with Gasteiger partial charge in [-0.05, 0) is 43.6 Å². The minimum atomic E-state index is 0.0331. The van der Waals surface area contributed by atoms with Gasteiger partial charge >= 0.3 is 0 Å². The SMILES string of the molecule is O=C(CCOC1CCNCC1)NCc1ccncc1. The van der Waals surface area contributed by atoms with Crippen LogP contribution in [0.4, 0.5) is 0 Å². The van der Waals surface area contributed by atoms with E-state index in [1.807, 2.05) is 12.1 Å². The number of aromatic nitrogens is 1. The summed E-state index contributed by atoms with van der Waals surface area (Å²) in [5, 5.41) is 6.17. The number of nitrogens with one attached hydrogen (secondary N) is 2. The van der Waals surface area contributed by atoms with Gasteiger partial charge in [0.05, 0.1) is 12.7 Å². The maximum absolute atomic E-state index is 11.6. The number of piperidine rings is 1. The predicted octanol–water partition coefficient (Wildman–Crippen LogP) is 0.857. The molecular formula is C14H21N3O2. The lowest BCUT2D eigenvalue weighted by Crippen LogP contribution is -2.33. The average molecular weight is 263 g/mol. The summed E-state index contributed by atoms with van der Waals surface area (Å²) < 4.78 is 5.69. The number of nitrogens with zero attached hydrogens (tertiary/aromatic N) is 1. The lowest BCUT2D eigenvalue weighted by atomic mass is 10.1. The number of hydrogen-bond acceptors (Lipinski definition) is 4. The first-order valence-corrected chi connectivity index (χ1v) is 6.82. The van der Waals surface area contributed by atoms with Gasteiger partial charge in [0, 0.05) is 25.4 Å². The highest BCUT2D eigenvalue weighted by Crippen LogP contribution is 2.07. The van der Waals surface area contributed by atoms with E-state index in [9.17, 15) is 4.79 Å². The van der Waals surface area contributed by atoms with Crippen molar-refractivity contribution in [3.63, 3.8) is 0 Å². The molecule has 2 rings (SSSR count). The molecule has 0 atom stereocenters. The predicted molar refractivity (Wildman–Crippen MR) is 72.5 cm³/mol. The zero-order valence-corrected chi connectivity index (χ0v) is 11.1. The van der Waals surface area contributed by atoms with Crippen LogP contribution in [0.25, 0.3) is 0 Å². The molecule has 0 unspecified atom stereocenters. The number of ether oxygens (including phenoxy) is 1. The first kappa shape index (κ1) is 14.0. The minimum absolute atomic E-state index is 0.0331. The molecule has 1 aromatic heterocycles. The largest absolute Gasteiger partial charge is 0.378 e. The Kier molecular flexibility index (Phi) is 5.78. The second-order valence-corrected chi connectivity index (χ2v) is 4.70. The highest BCUT2D eigenvalue weighted by molar-refractivity contribution is 5.75. The van der Waals surface area contributed by atoms with Crippen molar-refractivity contribution in [1.29, 1.82) is 0 Å². The van der Waals surface area contributed by atoms with Crippen molar-refractivity contribution in [1.82, 2.24) is 15.6 Å². The molecule has 2 heterocycles. The van der Waals surface area contributed by atoms with E-state index in [1.165, 1.54) is 0 Å². The molecule has 0 aromatic carbocycles. The van der Waals surface area contributed by atoms with Gasteiger partial charge in [-0.1, -0.05) is 0 Å². The van der Waals surface area contributed by atoms with E-state index in [1.54, 1.807) is 12.4 Å². The first-order chi connectivity index (χ1) is 9.34. The Morgan fingerprint density at radius 1 is 1.37 bits per heavy atom. The second kappa shape index (κ2) is 7.86. The Morgan fingerprint density at radius 3 is 2.84 bits per heavy atom. The summed E-state index contributed by atoms with van der Waals surface area (Å²) in [5.74, 6) is 0.0331. The molecule has 1 aromatic rings. The number of hydrogen-bond donors (Lipinski definition) is 2. The van der Waals surface area contributed by atoms with Gasteiger partial charge < -0.3 is 15.4 Å². The van der Waals surface area contributed by atoms with Crippen LogP contribution in [-0.2, 0) is 16.1 Å². The second-order valence-electron chi connectivity index (χ2n) is 4.70. The highest BCUT2D eigenvalue weighted by atomic mass is 16.5. The van der Waals surface area contributed by atoms with Crippen LogP contribution in [0.15, 0.2) is 24.5 Å². The molecule has 1 saturated heterocycles. The van der Waals surface area contributed by atoms with Gasteiger partial charge in [0.15, 0.2) is 0 Å². The van der Waals surface area contributed by atoms with Gasteiger partial charge in [-0.25, -0.2) is 0 Å². The van der Waals surface area contributed by atoms with Gasteiger partial charge in [-0.2, -0.15) is 0 Å². The normalized spacial score (nSPS) is 16.2. The van der Waals surface area contributed by atoms with Crippen LogP contribution in [0.5, 0.6) is 0 Å². The molecule has 0 bridgehead atoms. The molecule has 1 aliphatic rings. The quantitative estimate of drug-likeness (QED) is 0.799. The first-order valence-electron chi connectivity index (χ1n) is 6.82. The van der Waals surface area contributed by atoms with E-state index in [0.29, 0.717) is 25.7 Å². The Balaban J connectivity index is 1.57. The summed E-state index contributed by atoms with van der Waals surface area (Å²) >= 11 is 0. The summed E-state index contributed by atoms with van der Waals surface area (Å²) in [4.78, 5) is 15.6. The van der Waals surface area contributed by atoms with Crippen LogP contribution in [-0.4, -0.2) is 36.7 Å². The Labute approximate surface area is 113 Å². The molecule has 5 heteroatoms. The fraction of sp³-hybridized carbons (Fsp3) is 0.571. The zero-order chi connectivity index (χ0) is 13.3. The summed E-state index contributed by atoms with van der Waals surface area (Å²) in [6.07, 6.45) is 6.27. The van der Waals surface area contributed by atoms with E-state index >= 15 is 0 Å². The van der Waals surface area contributed by atoms with Gasteiger partial charge in [-0.3, -0.25) is 9.78 Å². The van der Waals surface area contributed by atoms with E-state index in [2.05, 4.69) is 15.6 Å². The van der Waals surface area contributed by atoms with Crippen LogP contribution in [0.3, 0.4) is 0 Å². The van der Waals surface area contributed by atoms with Gasteiger partial charge in [-0.15, -0.1) is 0 Å². The van der Waals surface area contributed by atoms with Crippen molar-refractivity contribution in [3.05, 3.63) is 30.1 Å². The average Bonchev–Trinajstić information content (AvgIpc) is 2.47. The fourth-order valence-electron chi connectivity index (χ4n) is 2.07. The number of carbonyl (C=O) groups is 1. The molecule has 1 amide bonds. The van der Waals surface area contributed by atoms with Crippen molar-refractivity contribution < 1.29 is 9.53 Å². The molecule has 0 radical (unpaired) electrons. The van der Waals surface area contributed by atoms with Crippen molar-refractivity contribution in [2.45, 2.75) is 31.9 Å². The van der Waals surface area contributed by atoms with Crippen LogP contribution >= 0.6 is 0 Å². The van der Waals surface area contributed by atoms with Crippen molar-refractivity contribution in [3.8, 4) is 0 Å². The maximum atomic E-state index is 11.6. The minimum Gasteiger partial charge on any atom is -0.378 e. The van der Waals surface area contributed by atoms with Gasteiger partial charge in [0.25, 0.3) is 0 Å². The molecule has 0 spiro atoms. The summed E-state index contributed by atoms with van der Waals surface area (Å²) in [7, 11) is 0. The molecule has 19 heavy (non-hydrogen) atoms. The third kappa shape index (κ3) is 5.36. The Morgan fingerprint density at radius 2 is 2.11 bits per heavy atom. The topological polar surface area (TPSA) is 63.2 Å². The number of carbonyl (C=O) groups excluding carboxylic acids is 1. The smallest absolute Gasteiger partial charge is 0.222 e. The molecular weight excluding hydrogens is 242 g/mol. The lowest BCUT2D eigenvalue weighted by Gasteiger charge is -2.22. The lowest BCUT2D eigenvalue weighted by molar-refractivity contribution is -0.122. The summed E-state index contributed by atoms with van der Waals surface area (Å²) in [6.45, 7) is 3.08. The Hall–Kier alpha value is -1.46. The molecule has 1 aliphatic heterocycles. The fourth-order valence-corrected chi connectivity index (χ4v) is 2.07. The van der Waals surface area contributed by atoms with E-state index < -0.39 is 0 Å². The van der Waals surface area contributed by atoms with Gasteiger partial charge in [0.2, 0.25) is 5.91 Å². The zero-order valence-electron chi connectivity index (χ0n) is 11.1. The van der Waals surface area contributed by atoms with Crippen LogP contribution in [0.2, 0.25) is 0 Å². The highest BCUT2D eigenvalue weighted by Gasteiger charge is 2.13. The molecule has 0 saturated carbocycles. The van der Waals surface area contributed by atoms with E-state index in [-0.39, 0.29) is 5.91 Å². The Bertz CT molecular complexity index is 378. The monoisotopic (exact) mass is 263 g/mol. The van der Waals surface area contributed by atoms with E-state index in [0.717, 1.165) is 31.5 Å². The molecule has 1 fully saturated rings. The molecule has 104 valence electrons. The molecule has 5 nitrogen and oxygen atoms in total. The third-order valence-corrected chi connectivity index (χ3v) is 3.21. The van der Waals surface area contributed by atoms with Crippen molar-refractivity contribution >= 4 is 5.91 Å².